The van der Waals surface area contributed by atoms with Crippen molar-refractivity contribution in [2.75, 3.05) is 0 Å². The topological polar surface area (TPSA) is 0 Å². The molecule has 29 heavy (non-hydrogen) atoms. The van der Waals surface area contributed by atoms with Gasteiger partial charge in [0.05, 0.1) is 0 Å². The third kappa shape index (κ3) is 4.50. The molecule has 1 atom stereocenters. The number of halogens is 16. The summed E-state index contributed by atoms with van der Waals surface area (Å²) < 4.78 is 194. The van der Waals surface area contributed by atoms with Crippen LogP contribution in [-0.2, 0) is 0 Å². The number of hydrogen-bond acceptors (Lipinski definition) is 0. The molecule has 0 N–H and O–H groups in total. The van der Waals surface area contributed by atoms with Gasteiger partial charge in [-0.25, -0.2) is 0 Å². The van der Waals surface area contributed by atoms with E-state index in [9.17, 15) is 65.9 Å². The van der Waals surface area contributed by atoms with E-state index in [-0.39, 0.29) is 12.8 Å². The molecular formula is C13H12F15I. The first-order chi connectivity index (χ1) is 12.3. The van der Waals surface area contributed by atoms with Gasteiger partial charge in [0.1, 0.15) is 0 Å². The fraction of sp³-hybridized carbons (Fsp3) is 1.00. The summed E-state index contributed by atoms with van der Waals surface area (Å²) in [7, 11) is 0. The molecule has 0 spiro atoms. The van der Waals surface area contributed by atoms with Crippen molar-refractivity contribution in [1.29, 1.82) is 0 Å². The molecule has 0 aromatic heterocycles. The first-order valence-electron chi connectivity index (χ1n) is 7.29. The SMILES string of the molecule is CCCC(C)(I)CC(F)(F)C(F)(F)C(F)(F)C(F)(F)C(F)(F)C(F)(F)C(F)(F)F. The Balaban J connectivity index is 6.43. The first-order valence-corrected chi connectivity index (χ1v) is 8.37. The molecule has 16 heteroatoms. The lowest BCUT2D eigenvalue weighted by molar-refractivity contribution is -0.452. The largest absolute Gasteiger partial charge is 0.460 e. The van der Waals surface area contributed by atoms with Crippen molar-refractivity contribution in [3.63, 3.8) is 0 Å². The van der Waals surface area contributed by atoms with Gasteiger partial charge in [0, 0.05) is 9.84 Å². The lowest BCUT2D eigenvalue weighted by Gasteiger charge is -2.42. The van der Waals surface area contributed by atoms with Crippen molar-refractivity contribution >= 4 is 22.6 Å². The number of hydrogen-bond donors (Lipinski definition) is 0. The maximum Gasteiger partial charge on any atom is 0.460 e. The van der Waals surface area contributed by atoms with Crippen LogP contribution in [0.1, 0.15) is 33.1 Å². The van der Waals surface area contributed by atoms with Crippen molar-refractivity contribution < 1.29 is 65.9 Å². The Hall–Kier alpha value is -0.320. The highest BCUT2D eigenvalue weighted by Gasteiger charge is 2.93. The summed E-state index contributed by atoms with van der Waals surface area (Å²) in [6, 6.07) is 0. The van der Waals surface area contributed by atoms with E-state index in [1.165, 1.54) is 6.92 Å². The summed E-state index contributed by atoms with van der Waals surface area (Å²) in [6.45, 7) is 2.12. The standard InChI is InChI=1S/C13H12F15I/c1-3-4-6(2,29)5-7(14,15)8(16,17)9(18,19)10(20,21)11(22,23)12(24,25)13(26,27)28/h3-5H2,1-2H3. The molecular weight excluding hydrogens is 568 g/mol. The molecule has 176 valence electrons. The monoisotopic (exact) mass is 580 g/mol. The molecule has 0 radical (unpaired) electrons. The minimum Gasteiger partial charge on any atom is -0.200 e. The molecule has 0 nitrogen and oxygen atoms in total. The van der Waals surface area contributed by atoms with Gasteiger partial charge in [0.2, 0.25) is 0 Å². The van der Waals surface area contributed by atoms with E-state index in [0.717, 1.165) is 29.5 Å². The molecule has 0 aliphatic heterocycles. The normalized spacial score (nSPS) is 18.0. The van der Waals surface area contributed by atoms with E-state index in [2.05, 4.69) is 0 Å². The smallest absolute Gasteiger partial charge is 0.200 e. The van der Waals surface area contributed by atoms with E-state index < -0.39 is 51.6 Å². The quantitative estimate of drug-likeness (QED) is 0.149. The lowest BCUT2D eigenvalue weighted by atomic mass is 9.87. The maximum atomic E-state index is 13.7. The van der Waals surface area contributed by atoms with E-state index in [4.69, 9.17) is 0 Å². The van der Waals surface area contributed by atoms with Gasteiger partial charge in [0.25, 0.3) is 0 Å². The van der Waals surface area contributed by atoms with Gasteiger partial charge in [-0.15, -0.1) is 0 Å². The highest BCUT2D eigenvalue weighted by Crippen LogP contribution is 2.63. The highest BCUT2D eigenvalue weighted by molar-refractivity contribution is 14.1. The third-order valence-corrected chi connectivity index (χ3v) is 4.68. The second-order valence-corrected chi connectivity index (χ2v) is 9.02. The fourth-order valence-electron chi connectivity index (χ4n) is 2.18. The van der Waals surface area contributed by atoms with Crippen LogP contribution in [0.15, 0.2) is 0 Å². The van der Waals surface area contributed by atoms with Gasteiger partial charge in [-0.2, -0.15) is 65.9 Å². The first kappa shape index (κ1) is 28.7. The molecule has 0 amide bonds. The maximum absolute atomic E-state index is 13.7. The van der Waals surface area contributed by atoms with Crippen LogP contribution in [0.5, 0.6) is 0 Å². The highest BCUT2D eigenvalue weighted by atomic mass is 127. The minimum atomic E-state index is -8.22. The summed E-state index contributed by atoms with van der Waals surface area (Å²) in [6.07, 6.45) is -10.3. The van der Waals surface area contributed by atoms with Crippen molar-refractivity contribution in [3.8, 4) is 0 Å². The molecule has 0 aromatic carbocycles. The van der Waals surface area contributed by atoms with Crippen LogP contribution in [0, 0.1) is 0 Å². The van der Waals surface area contributed by atoms with Gasteiger partial charge < -0.3 is 0 Å². The van der Waals surface area contributed by atoms with Crippen LogP contribution in [0.4, 0.5) is 65.9 Å². The van der Waals surface area contributed by atoms with E-state index in [0.29, 0.717) is 0 Å². The van der Waals surface area contributed by atoms with Crippen LogP contribution in [0.3, 0.4) is 0 Å². The zero-order chi connectivity index (χ0) is 24.1. The van der Waals surface area contributed by atoms with E-state index in [1.54, 1.807) is 0 Å². The summed E-state index contributed by atoms with van der Waals surface area (Å²) in [5.41, 5.74) is 0. The summed E-state index contributed by atoms with van der Waals surface area (Å²) in [5, 5.41) is 0. The minimum absolute atomic E-state index is 0.00349. The van der Waals surface area contributed by atoms with Gasteiger partial charge in [0.15, 0.2) is 0 Å². The van der Waals surface area contributed by atoms with Crippen LogP contribution < -0.4 is 0 Å². The zero-order valence-electron chi connectivity index (χ0n) is 14.2. The molecule has 0 saturated heterocycles. The molecule has 0 fully saturated rings. The zero-order valence-corrected chi connectivity index (χ0v) is 16.3. The average Bonchev–Trinajstić information content (AvgIpc) is 2.43. The van der Waals surface area contributed by atoms with Gasteiger partial charge in [-0.05, 0) is 6.42 Å². The predicted octanol–water partition coefficient (Wildman–Crippen LogP) is 7.74. The average molecular weight is 580 g/mol. The second kappa shape index (κ2) is 7.67. The Bertz CT molecular complexity index is 575. The Labute approximate surface area is 167 Å². The van der Waals surface area contributed by atoms with E-state index in [1.807, 2.05) is 0 Å². The summed E-state index contributed by atoms with van der Waals surface area (Å²) >= 11 is 1.07. The van der Waals surface area contributed by atoms with Crippen molar-refractivity contribution in [3.05, 3.63) is 0 Å². The third-order valence-electron chi connectivity index (χ3n) is 3.75. The Morgan fingerprint density at radius 1 is 0.552 bits per heavy atom. The Morgan fingerprint density at radius 2 is 0.862 bits per heavy atom. The molecule has 0 heterocycles. The molecule has 0 aliphatic rings. The predicted molar refractivity (Wildman–Crippen MR) is 77.7 cm³/mol. The van der Waals surface area contributed by atoms with E-state index >= 15 is 0 Å². The summed E-state index contributed by atoms with van der Waals surface area (Å²) in [4.78, 5) is 0. The molecule has 0 aromatic rings. The van der Waals surface area contributed by atoms with Crippen molar-refractivity contribution in [2.45, 2.75) is 78.2 Å². The van der Waals surface area contributed by atoms with Gasteiger partial charge in [-0.1, -0.05) is 42.9 Å². The molecule has 1 unspecified atom stereocenters. The Morgan fingerprint density at radius 3 is 1.17 bits per heavy atom. The Kier molecular flexibility index (Phi) is 7.59. The van der Waals surface area contributed by atoms with Gasteiger partial charge in [-0.3, -0.25) is 0 Å². The fourth-order valence-corrected chi connectivity index (χ4v) is 3.20. The molecule has 0 bridgehead atoms. The number of rotatable bonds is 9. The van der Waals surface area contributed by atoms with Crippen LogP contribution in [-0.4, -0.2) is 45.1 Å². The number of alkyl halides is 16. The molecule has 0 aliphatic carbocycles. The van der Waals surface area contributed by atoms with Gasteiger partial charge >= 0.3 is 41.7 Å². The van der Waals surface area contributed by atoms with Crippen LogP contribution in [0.2, 0.25) is 0 Å². The second-order valence-electron chi connectivity index (χ2n) is 6.41. The van der Waals surface area contributed by atoms with Crippen molar-refractivity contribution in [2.24, 2.45) is 0 Å². The van der Waals surface area contributed by atoms with Crippen molar-refractivity contribution in [1.82, 2.24) is 0 Å². The molecule has 0 rings (SSSR count). The lowest BCUT2D eigenvalue weighted by Crippen LogP contribution is -2.72. The summed E-state index contributed by atoms with van der Waals surface area (Å²) in [5.74, 6) is -46.0. The van der Waals surface area contributed by atoms with Crippen LogP contribution in [0.25, 0.3) is 0 Å². The molecule has 0 saturated carbocycles. The van der Waals surface area contributed by atoms with Crippen LogP contribution >= 0.6 is 22.6 Å².